The maximum absolute atomic E-state index is 6.14. The number of imidazole rings is 1. The molecule has 0 spiro atoms. The van der Waals surface area contributed by atoms with E-state index in [4.69, 9.17) is 62.7 Å². The highest BCUT2D eigenvalue weighted by molar-refractivity contribution is 7.99. The van der Waals surface area contributed by atoms with Crippen LogP contribution in [-0.2, 0) is 6.54 Å². The third-order valence-corrected chi connectivity index (χ3v) is 6.08. The minimum atomic E-state index is 0.116. The zero-order valence-corrected chi connectivity index (χ0v) is 15.9. The molecule has 2 aromatic rings. The van der Waals surface area contributed by atoms with Crippen LogP contribution in [-0.4, -0.2) is 27.7 Å². The van der Waals surface area contributed by atoms with E-state index < -0.39 is 0 Å². The molecule has 1 heterocycles. The molecule has 1 atom stereocenters. The third kappa shape index (κ3) is 4.11. The molecule has 0 radical (unpaired) electrons. The van der Waals surface area contributed by atoms with Crippen molar-refractivity contribution in [1.29, 1.82) is 0 Å². The van der Waals surface area contributed by atoms with Gasteiger partial charge < -0.3 is 9.30 Å². The first-order valence-corrected chi connectivity index (χ1v) is 9.26. The first-order valence-electron chi connectivity index (χ1n) is 6.08. The monoisotopic (exact) mass is 418 g/mol. The van der Waals surface area contributed by atoms with Crippen molar-refractivity contribution in [2.45, 2.75) is 11.8 Å². The van der Waals surface area contributed by atoms with Gasteiger partial charge in [0.25, 0.3) is 0 Å². The summed E-state index contributed by atoms with van der Waals surface area (Å²) in [7, 11) is 0. The Morgan fingerprint density at radius 1 is 1.09 bits per heavy atom. The van der Waals surface area contributed by atoms with Gasteiger partial charge in [0.05, 0.1) is 26.6 Å². The summed E-state index contributed by atoms with van der Waals surface area (Å²) in [4.78, 5) is 4.01. The van der Waals surface area contributed by atoms with Crippen molar-refractivity contribution in [2.24, 2.45) is 0 Å². The van der Waals surface area contributed by atoms with Crippen molar-refractivity contribution in [2.75, 3.05) is 12.9 Å². The average Bonchev–Trinajstić information content (AvgIpc) is 3.02. The van der Waals surface area contributed by atoms with Crippen LogP contribution in [0.15, 0.2) is 18.7 Å². The lowest BCUT2D eigenvalue weighted by molar-refractivity contribution is 0.308. The number of thioether (sulfide) groups is 1. The van der Waals surface area contributed by atoms with Gasteiger partial charge in [-0.25, -0.2) is 4.98 Å². The maximum atomic E-state index is 6.14. The standard InChI is InChI=1S/C13H11Cl5N2OS/c1-22-7(4-20-3-2-19-6-20)5-21-13-11(17)9(15)8(14)10(16)12(13)18/h2-3,6-7H,4-5H2,1H3. The molecule has 0 aliphatic carbocycles. The SMILES string of the molecule is CSC(COc1c(Cl)c(Cl)c(Cl)c(Cl)c1Cl)Cn1ccnc1. The average molecular weight is 421 g/mol. The van der Waals surface area contributed by atoms with E-state index in [2.05, 4.69) is 4.98 Å². The number of ether oxygens (including phenoxy) is 1. The van der Waals surface area contributed by atoms with Crippen LogP contribution >= 0.6 is 69.8 Å². The second kappa shape index (κ2) is 8.22. The van der Waals surface area contributed by atoms with Gasteiger partial charge in [-0.05, 0) is 6.26 Å². The lowest BCUT2D eigenvalue weighted by atomic mass is 10.3. The minimum absolute atomic E-state index is 0.116. The summed E-state index contributed by atoms with van der Waals surface area (Å²) in [5.41, 5.74) is 0. The van der Waals surface area contributed by atoms with E-state index in [0.717, 1.165) is 6.54 Å². The first kappa shape index (κ1) is 18.4. The van der Waals surface area contributed by atoms with Gasteiger partial charge in [0.15, 0.2) is 5.75 Å². The predicted octanol–water partition coefficient (Wildman–Crippen LogP) is 5.96. The summed E-state index contributed by atoms with van der Waals surface area (Å²) < 4.78 is 7.71. The van der Waals surface area contributed by atoms with E-state index in [1.807, 2.05) is 17.0 Å². The normalized spacial score (nSPS) is 12.5. The molecule has 22 heavy (non-hydrogen) atoms. The number of hydrogen-bond acceptors (Lipinski definition) is 3. The van der Waals surface area contributed by atoms with Crippen LogP contribution in [0.3, 0.4) is 0 Å². The summed E-state index contributed by atoms with van der Waals surface area (Å²) in [5, 5.41) is 0.860. The van der Waals surface area contributed by atoms with Gasteiger partial charge in [-0.15, -0.1) is 0 Å². The smallest absolute Gasteiger partial charge is 0.159 e. The van der Waals surface area contributed by atoms with Crippen molar-refractivity contribution in [3.8, 4) is 5.75 Å². The Morgan fingerprint density at radius 3 is 2.18 bits per heavy atom. The molecule has 1 unspecified atom stereocenters. The Hall–Kier alpha value is 0.0300. The molecule has 0 N–H and O–H groups in total. The van der Waals surface area contributed by atoms with E-state index in [1.54, 1.807) is 24.3 Å². The second-order valence-electron chi connectivity index (χ2n) is 4.33. The molecule has 0 aliphatic heterocycles. The number of hydrogen-bond donors (Lipinski definition) is 0. The molecule has 0 saturated carbocycles. The number of rotatable bonds is 6. The lowest BCUT2D eigenvalue weighted by Gasteiger charge is -2.18. The van der Waals surface area contributed by atoms with Gasteiger partial charge in [-0.2, -0.15) is 11.8 Å². The number of halogens is 5. The topological polar surface area (TPSA) is 27.1 Å². The van der Waals surface area contributed by atoms with Crippen LogP contribution in [0.1, 0.15) is 0 Å². The summed E-state index contributed by atoms with van der Waals surface area (Å²) in [5.74, 6) is 0.243. The highest BCUT2D eigenvalue weighted by Crippen LogP contribution is 2.48. The molecule has 9 heteroatoms. The number of aromatic nitrogens is 2. The van der Waals surface area contributed by atoms with E-state index in [0.29, 0.717) is 6.61 Å². The van der Waals surface area contributed by atoms with Crippen molar-refractivity contribution in [1.82, 2.24) is 9.55 Å². The number of benzene rings is 1. The molecule has 1 aromatic heterocycles. The predicted molar refractivity (Wildman–Crippen MR) is 96.5 cm³/mol. The largest absolute Gasteiger partial charge is 0.489 e. The Balaban J connectivity index is 2.13. The molecular weight excluding hydrogens is 409 g/mol. The van der Waals surface area contributed by atoms with E-state index >= 15 is 0 Å². The lowest BCUT2D eigenvalue weighted by Crippen LogP contribution is -2.20. The fraction of sp³-hybridized carbons (Fsp3) is 0.308. The molecule has 1 aromatic carbocycles. The molecular formula is C13H11Cl5N2OS. The minimum Gasteiger partial charge on any atom is -0.489 e. The maximum Gasteiger partial charge on any atom is 0.159 e. The Bertz CT molecular complexity index is 621. The van der Waals surface area contributed by atoms with E-state index in [1.165, 1.54) is 0 Å². The van der Waals surface area contributed by atoms with Crippen molar-refractivity contribution in [3.63, 3.8) is 0 Å². The fourth-order valence-corrected chi connectivity index (χ4v) is 3.47. The zero-order chi connectivity index (χ0) is 16.3. The van der Waals surface area contributed by atoms with Gasteiger partial charge in [-0.1, -0.05) is 58.0 Å². The quantitative estimate of drug-likeness (QED) is 0.426. The van der Waals surface area contributed by atoms with E-state index in [9.17, 15) is 0 Å². The van der Waals surface area contributed by atoms with Gasteiger partial charge in [0.1, 0.15) is 16.7 Å². The molecule has 0 amide bonds. The summed E-state index contributed by atoms with van der Waals surface area (Å²) >= 11 is 31.9. The molecule has 3 nitrogen and oxygen atoms in total. The van der Waals surface area contributed by atoms with Gasteiger partial charge in [-0.3, -0.25) is 0 Å². The van der Waals surface area contributed by atoms with Crippen LogP contribution in [0.25, 0.3) is 0 Å². The molecule has 0 aliphatic rings. The van der Waals surface area contributed by atoms with E-state index in [-0.39, 0.29) is 36.1 Å². The van der Waals surface area contributed by atoms with Crippen molar-refractivity contribution >= 4 is 69.8 Å². The van der Waals surface area contributed by atoms with Crippen LogP contribution in [0.5, 0.6) is 5.75 Å². The third-order valence-electron chi connectivity index (χ3n) is 2.89. The van der Waals surface area contributed by atoms with Gasteiger partial charge >= 0.3 is 0 Å². The summed E-state index contributed by atoms with van der Waals surface area (Å²) in [6, 6.07) is 0. The van der Waals surface area contributed by atoms with Crippen LogP contribution in [0.2, 0.25) is 25.1 Å². The second-order valence-corrected chi connectivity index (χ2v) is 7.36. The molecule has 2 rings (SSSR count). The Morgan fingerprint density at radius 2 is 1.68 bits per heavy atom. The highest BCUT2D eigenvalue weighted by atomic mass is 35.5. The molecule has 0 bridgehead atoms. The Kier molecular flexibility index (Phi) is 6.87. The van der Waals surface area contributed by atoms with Crippen molar-refractivity contribution in [3.05, 3.63) is 43.8 Å². The van der Waals surface area contributed by atoms with Gasteiger partial charge in [0.2, 0.25) is 0 Å². The van der Waals surface area contributed by atoms with Crippen LogP contribution in [0, 0.1) is 0 Å². The fourth-order valence-electron chi connectivity index (χ4n) is 1.71. The number of nitrogens with zero attached hydrogens (tertiary/aromatic N) is 2. The summed E-state index contributed by atoms with van der Waals surface area (Å²) in [6.45, 7) is 1.12. The molecule has 0 saturated heterocycles. The van der Waals surface area contributed by atoms with Crippen molar-refractivity contribution < 1.29 is 4.74 Å². The summed E-state index contributed by atoms with van der Waals surface area (Å²) in [6.07, 6.45) is 7.36. The molecule has 0 fully saturated rings. The first-order chi connectivity index (χ1) is 10.5. The van der Waals surface area contributed by atoms with Gasteiger partial charge in [0, 0.05) is 18.9 Å². The molecule has 120 valence electrons. The van der Waals surface area contributed by atoms with Crippen LogP contribution < -0.4 is 4.74 Å². The zero-order valence-electron chi connectivity index (χ0n) is 11.3. The van der Waals surface area contributed by atoms with Crippen LogP contribution in [0.4, 0.5) is 0 Å². The Labute approximate surface area is 157 Å². The highest BCUT2D eigenvalue weighted by Gasteiger charge is 2.21.